The molecule has 0 atom stereocenters. The van der Waals surface area contributed by atoms with Crippen molar-refractivity contribution in [3.63, 3.8) is 0 Å². The molecule has 4 N–H and O–H groups in total. The molecule has 0 aliphatic carbocycles. The van der Waals surface area contributed by atoms with Gasteiger partial charge in [-0.3, -0.25) is 0 Å². The Morgan fingerprint density at radius 1 is 0.595 bits per heavy atom. The van der Waals surface area contributed by atoms with E-state index in [1.807, 2.05) is 12.1 Å². The molecule has 0 saturated heterocycles. The molecular formula is C29H32N4O4. The van der Waals surface area contributed by atoms with Gasteiger partial charge >= 0.3 is 0 Å². The highest BCUT2D eigenvalue weighted by Crippen LogP contribution is 2.35. The fourth-order valence-electron chi connectivity index (χ4n) is 4.05. The number of anilines is 1. The molecule has 192 valence electrons. The summed E-state index contributed by atoms with van der Waals surface area (Å²) in [4.78, 5) is 16.1. The molecule has 0 bridgehead atoms. The number of nitrogens with zero attached hydrogens (tertiary/aromatic N) is 4. The molecular weight excluding hydrogens is 468 g/mol. The third-order valence-corrected chi connectivity index (χ3v) is 6.13. The van der Waals surface area contributed by atoms with E-state index in [0.29, 0.717) is 17.0 Å². The summed E-state index contributed by atoms with van der Waals surface area (Å²) in [7, 11) is 0. The Labute approximate surface area is 216 Å². The minimum atomic E-state index is -0.184. The van der Waals surface area contributed by atoms with Crippen LogP contribution in [-0.2, 0) is 0 Å². The van der Waals surface area contributed by atoms with Gasteiger partial charge in [-0.05, 0) is 61.4 Å². The van der Waals surface area contributed by atoms with E-state index in [0.717, 1.165) is 50.0 Å². The number of rotatable bonds is 10. The molecule has 0 unspecified atom stereocenters. The van der Waals surface area contributed by atoms with E-state index in [1.165, 1.54) is 36.4 Å². The lowest BCUT2D eigenvalue weighted by Gasteiger charge is -2.25. The lowest BCUT2D eigenvalue weighted by Crippen LogP contribution is -2.25. The zero-order chi connectivity index (χ0) is 26.4. The van der Waals surface area contributed by atoms with Crippen molar-refractivity contribution in [1.29, 1.82) is 0 Å². The molecule has 0 spiro atoms. The summed E-state index contributed by atoms with van der Waals surface area (Å²) in [5.74, 6) is 0.187. The van der Waals surface area contributed by atoms with Gasteiger partial charge < -0.3 is 25.3 Å². The molecule has 8 heteroatoms. The Bertz CT molecular complexity index is 1280. The standard InChI is InChI=1S/C29H32N4O4/c1-3-5-15-33(16-6-4-2)20-9-7-19(8-10-20)27-30-28(23-13-11-21(34)17-25(23)36)32-29(31-27)24-14-12-22(35)18-26(24)37/h7-14,17-18,34-37H,3-6,15-16H2,1-2H3. The smallest absolute Gasteiger partial charge is 0.167 e. The first-order valence-electron chi connectivity index (χ1n) is 12.6. The summed E-state index contributed by atoms with van der Waals surface area (Å²) in [5, 5.41) is 40.3. The quantitative estimate of drug-likeness (QED) is 0.206. The molecule has 0 amide bonds. The molecule has 0 aliphatic rings. The minimum Gasteiger partial charge on any atom is -0.508 e. The molecule has 1 aromatic heterocycles. The molecule has 4 rings (SSSR count). The zero-order valence-corrected chi connectivity index (χ0v) is 21.1. The number of benzene rings is 3. The fraction of sp³-hybridized carbons (Fsp3) is 0.276. The van der Waals surface area contributed by atoms with Crippen LogP contribution in [0.5, 0.6) is 23.0 Å². The monoisotopic (exact) mass is 500 g/mol. The van der Waals surface area contributed by atoms with Crippen molar-refractivity contribution >= 4 is 5.69 Å². The van der Waals surface area contributed by atoms with E-state index in [4.69, 9.17) is 0 Å². The van der Waals surface area contributed by atoms with Crippen LogP contribution < -0.4 is 4.90 Å². The fourth-order valence-corrected chi connectivity index (χ4v) is 4.05. The maximum Gasteiger partial charge on any atom is 0.167 e. The number of aromatic hydroxyl groups is 4. The summed E-state index contributed by atoms with van der Waals surface area (Å²) in [5.41, 5.74) is 2.49. The van der Waals surface area contributed by atoms with Crippen LogP contribution in [-0.4, -0.2) is 48.5 Å². The van der Waals surface area contributed by atoms with Crippen molar-refractivity contribution in [2.45, 2.75) is 39.5 Å². The predicted molar refractivity (Wildman–Crippen MR) is 145 cm³/mol. The van der Waals surface area contributed by atoms with Gasteiger partial charge in [0.1, 0.15) is 23.0 Å². The van der Waals surface area contributed by atoms with Crippen LogP contribution in [0.3, 0.4) is 0 Å². The van der Waals surface area contributed by atoms with Gasteiger partial charge in [0.15, 0.2) is 17.5 Å². The number of aromatic nitrogens is 3. The first-order valence-corrected chi connectivity index (χ1v) is 12.6. The molecule has 37 heavy (non-hydrogen) atoms. The van der Waals surface area contributed by atoms with Gasteiger partial charge in [-0.2, -0.15) is 0 Å². The van der Waals surface area contributed by atoms with E-state index < -0.39 is 0 Å². The van der Waals surface area contributed by atoms with E-state index in [9.17, 15) is 20.4 Å². The third-order valence-electron chi connectivity index (χ3n) is 6.13. The van der Waals surface area contributed by atoms with E-state index >= 15 is 0 Å². The van der Waals surface area contributed by atoms with Crippen LogP contribution in [0, 0.1) is 0 Å². The first kappa shape index (κ1) is 25.8. The number of hydrogen-bond acceptors (Lipinski definition) is 8. The maximum atomic E-state index is 10.4. The van der Waals surface area contributed by atoms with Crippen LogP contribution >= 0.6 is 0 Å². The lowest BCUT2D eigenvalue weighted by molar-refractivity contribution is 0.451. The highest BCUT2D eigenvalue weighted by molar-refractivity contribution is 5.73. The average molecular weight is 501 g/mol. The molecule has 8 nitrogen and oxygen atoms in total. The van der Waals surface area contributed by atoms with Crippen molar-refractivity contribution in [3.8, 4) is 57.2 Å². The van der Waals surface area contributed by atoms with Crippen molar-refractivity contribution in [3.05, 3.63) is 60.7 Å². The SMILES string of the molecule is CCCCN(CCCC)c1ccc(-c2nc(-c3ccc(O)cc3O)nc(-c3ccc(O)cc3O)n2)cc1. The van der Waals surface area contributed by atoms with Gasteiger partial charge in [0.05, 0.1) is 11.1 Å². The normalized spacial score (nSPS) is 11.0. The van der Waals surface area contributed by atoms with Gasteiger partial charge in [-0.15, -0.1) is 0 Å². The van der Waals surface area contributed by atoms with Gasteiger partial charge in [0.2, 0.25) is 0 Å². The van der Waals surface area contributed by atoms with Gasteiger partial charge in [-0.25, -0.2) is 15.0 Å². The third kappa shape index (κ3) is 6.09. The van der Waals surface area contributed by atoms with E-state index in [2.05, 4.69) is 45.8 Å². The molecule has 0 radical (unpaired) electrons. The summed E-state index contributed by atoms with van der Waals surface area (Å²) in [6.07, 6.45) is 4.51. The molecule has 0 aliphatic heterocycles. The lowest BCUT2D eigenvalue weighted by atomic mass is 10.1. The molecule has 0 saturated carbocycles. The van der Waals surface area contributed by atoms with Crippen molar-refractivity contribution < 1.29 is 20.4 Å². The van der Waals surface area contributed by atoms with Gasteiger partial charge in [0.25, 0.3) is 0 Å². The highest BCUT2D eigenvalue weighted by Gasteiger charge is 2.17. The second kappa shape index (κ2) is 11.6. The van der Waals surface area contributed by atoms with Crippen molar-refractivity contribution in [2.24, 2.45) is 0 Å². The number of phenols is 4. The van der Waals surface area contributed by atoms with Crippen LogP contribution in [0.2, 0.25) is 0 Å². The van der Waals surface area contributed by atoms with Crippen molar-refractivity contribution in [2.75, 3.05) is 18.0 Å². The van der Waals surface area contributed by atoms with E-state index in [-0.39, 0.29) is 34.6 Å². The van der Waals surface area contributed by atoms with Crippen LogP contribution in [0.15, 0.2) is 60.7 Å². The Morgan fingerprint density at radius 3 is 1.49 bits per heavy atom. The summed E-state index contributed by atoms with van der Waals surface area (Å²) in [6, 6.07) is 16.4. The molecule has 1 heterocycles. The Morgan fingerprint density at radius 2 is 1.05 bits per heavy atom. The largest absolute Gasteiger partial charge is 0.508 e. The van der Waals surface area contributed by atoms with E-state index in [1.54, 1.807) is 0 Å². The summed E-state index contributed by atoms with van der Waals surface area (Å²) >= 11 is 0. The highest BCUT2D eigenvalue weighted by atomic mass is 16.3. The maximum absolute atomic E-state index is 10.4. The summed E-state index contributed by atoms with van der Waals surface area (Å²) in [6.45, 7) is 6.37. The topological polar surface area (TPSA) is 123 Å². The Kier molecular flexibility index (Phi) is 8.08. The van der Waals surface area contributed by atoms with Gasteiger partial charge in [0, 0.05) is 36.5 Å². The predicted octanol–water partition coefficient (Wildman–Crippen LogP) is 6.10. The molecule has 0 fully saturated rings. The first-order chi connectivity index (χ1) is 17.9. The second-order valence-electron chi connectivity index (χ2n) is 8.95. The molecule has 3 aromatic carbocycles. The Hall–Kier alpha value is -4.33. The van der Waals surface area contributed by atoms with Crippen molar-refractivity contribution in [1.82, 2.24) is 15.0 Å². The number of phenolic OH excluding ortho intramolecular Hbond substituents is 4. The van der Waals surface area contributed by atoms with Crippen LogP contribution in [0.1, 0.15) is 39.5 Å². The average Bonchev–Trinajstić information content (AvgIpc) is 2.89. The zero-order valence-electron chi connectivity index (χ0n) is 21.1. The van der Waals surface area contributed by atoms with Crippen LogP contribution in [0.4, 0.5) is 5.69 Å². The minimum absolute atomic E-state index is 0.0850. The molecule has 4 aromatic rings. The number of hydrogen-bond donors (Lipinski definition) is 4. The summed E-state index contributed by atoms with van der Waals surface area (Å²) < 4.78 is 0. The number of unbranched alkanes of at least 4 members (excludes halogenated alkanes) is 2. The second-order valence-corrected chi connectivity index (χ2v) is 8.95. The van der Waals surface area contributed by atoms with Gasteiger partial charge in [-0.1, -0.05) is 26.7 Å². The van der Waals surface area contributed by atoms with Crippen LogP contribution in [0.25, 0.3) is 34.2 Å². The Balaban J connectivity index is 1.78.